The Morgan fingerprint density at radius 3 is 2.79 bits per heavy atom. The van der Waals surface area contributed by atoms with Gasteiger partial charge in [-0.3, -0.25) is 4.79 Å². The SMILES string of the molecule is O=C(O)Cn1nnnc1SCC(O)c1ccccc1. The molecule has 2 rings (SSSR count). The average molecular weight is 280 g/mol. The number of thioether (sulfide) groups is 1. The van der Waals surface area contributed by atoms with E-state index in [2.05, 4.69) is 15.5 Å². The standard InChI is InChI=1S/C11H12N4O3S/c16-9(8-4-2-1-3-5-8)7-19-11-12-13-14-15(11)6-10(17)18/h1-5,9,16H,6-7H2,(H,17,18). The number of benzene rings is 1. The van der Waals surface area contributed by atoms with Crippen LogP contribution in [0.25, 0.3) is 0 Å². The first kappa shape index (κ1) is 13.5. The molecule has 1 aromatic heterocycles. The number of aliphatic carboxylic acids is 1. The van der Waals surface area contributed by atoms with Crippen molar-refractivity contribution in [3.8, 4) is 0 Å². The number of nitrogens with zero attached hydrogens (tertiary/aromatic N) is 4. The lowest BCUT2D eigenvalue weighted by Gasteiger charge is -2.09. The van der Waals surface area contributed by atoms with E-state index in [0.717, 1.165) is 5.56 Å². The summed E-state index contributed by atoms with van der Waals surface area (Å²) >= 11 is 1.21. The third kappa shape index (κ3) is 3.76. The number of aliphatic hydroxyl groups excluding tert-OH is 1. The molecule has 8 heteroatoms. The van der Waals surface area contributed by atoms with Gasteiger partial charge in [0.05, 0.1) is 6.10 Å². The fraction of sp³-hybridized carbons (Fsp3) is 0.273. The fourth-order valence-corrected chi connectivity index (χ4v) is 2.30. The number of hydrogen-bond donors (Lipinski definition) is 2. The van der Waals surface area contributed by atoms with Crippen molar-refractivity contribution in [1.82, 2.24) is 20.2 Å². The molecule has 0 saturated heterocycles. The first-order valence-electron chi connectivity index (χ1n) is 5.50. The molecule has 1 heterocycles. The zero-order chi connectivity index (χ0) is 13.7. The van der Waals surface area contributed by atoms with Gasteiger partial charge in [0.15, 0.2) is 0 Å². The number of hydrogen-bond acceptors (Lipinski definition) is 6. The van der Waals surface area contributed by atoms with E-state index < -0.39 is 12.1 Å². The Bertz CT molecular complexity index is 546. The van der Waals surface area contributed by atoms with Gasteiger partial charge >= 0.3 is 5.97 Å². The first-order valence-corrected chi connectivity index (χ1v) is 6.49. The van der Waals surface area contributed by atoms with Gasteiger partial charge in [-0.15, -0.1) is 5.10 Å². The van der Waals surface area contributed by atoms with Gasteiger partial charge in [0.2, 0.25) is 5.16 Å². The van der Waals surface area contributed by atoms with Crippen molar-refractivity contribution in [2.75, 3.05) is 5.75 Å². The van der Waals surface area contributed by atoms with Crippen molar-refractivity contribution < 1.29 is 15.0 Å². The van der Waals surface area contributed by atoms with Gasteiger partial charge in [-0.2, -0.15) is 0 Å². The summed E-state index contributed by atoms with van der Waals surface area (Å²) < 4.78 is 1.19. The van der Waals surface area contributed by atoms with Crippen molar-refractivity contribution >= 4 is 17.7 Å². The number of carbonyl (C=O) groups is 1. The molecule has 1 atom stereocenters. The van der Waals surface area contributed by atoms with Crippen LogP contribution in [0.4, 0.5) is 0 Å². The van der Waals surface area contributed by atoms with Gasteiger partial charge < -0.3 is 10.2 Å². The van der Waals surface area contributed by atoms with Gasteiger partial charge in [0.25, 0.3) is 0 Å². The summed E-state index contributed by atoms with van der Waals surface area (Å²) in [6.45, 7) is -0.295. The van der Waals surface area contributed by atoms with Crippen LogP contribution in [0.5, 0.6) is 0 Å². The Labute approximate surface area is 113 Å². The van der Waals surface area contributed by atoms with Gasteiger partial charge in [-0.05, 0) is 16.0 Å². The van der Waals surface area contributed by atoms with Crippen LogP contribution >= 0.6 is 11.8 Å². The molecular weight excluding hydrogens is 268 g/mol. The number of tetrazole rings is 1. The molecule has 2 aromatic rings. The number of aromatic nitrogens is 4. The van der Waals surface area contributed by atoms with E-state index in [1.165, 1.54) is 16.4 Å². The van der Waals surface area contributed by atoms with E-state index in [4.69, 9.17) is 5.11 Å². The molecule has 100 valence electrons. The molecule has 7 nitrogen and oxygen atoms in total. The summed E-state index contributed by atoms with van der Waals surface area (Å²) in [7, 11) is 0. The molecule has 0 spiro atoms. The van der Waals surface area contributed by atoms with E-state index in [1.54, 1.807) is 0 Å². The lowest BCUT2D eigenvalue weighted by Crippen LogP contribution is -2.12. The lowest BCUT2D eigenvalue weighted by molar-refractivity contribution is -0.138. The largest absolute Gasteiger partial charge is 0.480 e. The van der Waals surface area contributed by atoms with Gasteiger partial charge in [-0.25, -0.2) is 4.68 Å². The monoisotopic (exact) mass is 280 g/mol. The Balaban J connectivity index is 1.95. The zero-order valence-electron chi connectivity index (χ0n) is 9.88. The number of rotatable bonds is 6. The number of carboxylic acids is 1. The summed E-state index contributed by atoms with van der Waals surface area (Å²) in [5.74, 6) is -0.665. The summed E-state index contributed by atoms with van der Waals surface area (Å²) in [5.41, 5.74) is 0.798. The topological polar surface area (TPSA) is 101 Å². The van der Waals surface area contributed by atoms with Gasteiger partial charge in [-0.1, -0.05) is 42.1 Å². The molecule has 0 radical (unpaired) electrons. The van der Waals surface area contributed by atoms with E-state index >= 15 is 0 Å². The average Bonchev–Trinajstić information content (AvgIpc) is 2.83. The zero-order valence-corrected chi connectivity index (χ0v) is 10.7. The third-order valence-electron chi connectivity index (χ3n) is 2.34. The second kappa shape index (κ2) is 6.30. The molecule has 0 amide bonds. The van der Waals surface area contributed by atoms with E-state index in [1.807, 2.05) is 30.3 Å². The first-order chi connectivity index (χ1) is 9.16. The van der Waals surface area contributed by atoms with E-state index in [-0.39, 0.29) is 6.54 Å². The summed E-state index contributed by atoms with van der Waals surface area (Å²) in [4.78, 5) is 10.6. The van der Waals surface area contributed by atoms with Gasteiger partial charge in [0.1, 0.15) is 6.54 Å². The van der Waals surface area contributed by atoms with E-state index in [9.17, 15) is 9.90 Å². The maximum Gasteiger partial charge on any atom is 0.325 e. The molecule has 1 unspecified atom stereocenters. The maximum atomic E-state index is 10.6. The van der Waals surface area contributed by atoms with Crippen LogP contribution in [0.2, 0.25) is 0 Å². The van der Waals surface area contributed by atoms with Crippen LogP contribution in [0.15, 0.2) is 35.5 Å². The Morgan fingerprint density at radius 1 is 1.37 bits per heavy atom. The van der Waals surface area contributed by atoms with Crippen molar-refractivity contribution in [1.29, 1.82) is 0 Å². The summed E-state index contributed by atoms with van der Waals surface area (Å²) in [5, 5.41) is 29.8. The van der Waals surface area contributed by atoms with Crippen LogP contribution in [0, 0.1) is 0 Å². The quantitative estimate of drug-likeness (QED) is 0.746. The second-order valence-electron chi connectivity index (χ2n) is 3.75. The lowest BCUT2D eigenvalue weighted by atomic mass is 10.1. The highest BCUT2D eigenvalue weighted by Gasteiger charge is 2.13. The van der Waals surface area contributed by atoms with Crippen molar-refractivity contribution in [2.45, 2.75) is 17.8 Å². The van der Waals surface area contributed by atoms with Crippen molar-refractivity contribution in [2.24, 2.45) is 0 Å². The normalized spacial score (nSPS) is 12.3. The molecule has 0 bridgehead atoms. The molecule has 0 aliphatic heterocycles. The predicted molar refractivity (Wildman–Crippen MR) is 67.6 cm³/mol. The molecule has 0 fully saturated rings. The third-order valence-corrected chi connectivity index (χ3v) is 3.37. The van der Waals surface area contributed by atoms with E-state index in [0.29, 0.717) is 10.9 Å². The second-order valence-corrected chi connectivity index (χ2v) is 4.74. The molecule has 2 N–H and O–H groups in total. The minimum absolute atomic E-state index is 0.295. The molecule has 0 aliphatic rings. The van der Waals surface area contributed by atoms with Crippen LogP contribution in [-0.2, 0) is 11.3 Å². The fourth-order valence-electron chi connectivity index (χ4n) is 1.45. The maximum absolute atomic E-state index is 10.6. The molecule has 1 aromatic carbocycles. The van der Waals surface area contributed by atoms with Crippen LogP contribution in [-0.4, -0.2) is 42.1 Å². The van der Waals surface area contributed by atoms with Gasteiger partial charge in [0, 0.05) is 5.75 Å². The minimum atomic E-state index is -1.02. The summed E-state index contributed by atoms with van der Waals surface area (Å²) in [6.07, 6.45) is -0.652. The van der Waals surface area contributed by atoms with Crippen LogP contribution in [0.3, 0.4) is 0 Å². The highest BCUT2D eigenvalue weighted by Crippen LogP contribution is 2.22. The number of carboxylic acid groups (broad SMARTS) is 1. The predicted octanol–water partition coefficient (Wildman–Crippen LogP) is 0.583. The Morgan fingerprint density at radius 2 is 2.11 bits per heavy atom. The Kier molecular flexibility index (Phi) is 4.48. The smallest absolute Gasteiger partial charge is 0.325 e. The number of aliphatic hydroxyl groups is 1. The molecule has 0 aliphatic carbocycles. The molecular formula is C11H12N4O3S. The minimum Gasteiger partial charge on any atom is -0.480 e. The highest BCUT2D eigenvalue weighted by atomic mass is 32.2. The molecule has 0 saturated carbocycles. The van der Waals surface area contributed by atoms with Crippen molar-refractivity contribution in [3.63, 3.8) is 0 Å². The highest BCUT2D eigenvalue weighted by molar-refractivity contribution is 7.99. The van der Waals surface area contributed by atoms with Crippen molar-refractivity contribution in [3.05, 3.63) is 35.9 Å². The summed E-state index contributed by atoms with van der Waals surface area (Å²) in [6, 6.07) is 9.21. The molecule has 19 heavy (non-hydrogen) atoms. The Hall–Kier alpha value is -1.93. The van der Waals surface area contributed by atoms with Crippen LogP contribution < -0.4 is 0 Å². The van der Waals surface area contributed by atoms with Crippen LogP contribution in [0.1, 0.15) is 11.7 Å².